The first kappa shape index (κ1) is 26.8. The van der Waals surface area contributed by atoms with E-state index in [2.05, 4.69) is 10.5 Å². The number of hydrogen-bond donors (Lipinski definition) is 2. The lowest BCUT2D eigenvalue weighted by atomic mass is 9.97. The van der Waals surface area contributed by atoms with Crippen LogP contribution in [0.4, 0.5) is 0 Å². The number of phenols is 1. The van der Waals surface area contributed by atoms with E-state index in [0.29, 0.717) is 21.8 Å². The molecule has 4 aromatic rings. The molecule has 0 fully saturated rings. The van der Waals surface area contributed by atoms with Crippen LogP contribution in [0, 0.1) is 6.92 Å². The smallest absolute Gasteiger partial charge is 0.267 e. The minimum atomic E-state index is -0.357. The number of nitrogens with zero attached hydrogens (tertiary/aromatic N) is 3. The van der Waals surface area contributed by atoms with Crippen LogP contribution in [0.1, 0.15) is 34.4 Å². The number of carbonyl (C=O) groups excluding carboxylic acids is 1. The number of hydrazone groups is 1. The van der Waals surface area contributed by atoms with Crippen molar-refractivity contribution in [1.82, 2.24) is 15.0 Å². The largest absolute Gasteiger partial charge is 0.502 e. The van der Waals surface area contributed by atoms with Crippen molar-refractivity contribution in [2.75, 3.05) is 20.0 Å². The molecule has 0 unspecified atom stereocenters. The minimum absolute atomic E-state index is 0.00839. The van der Waals surface area contributed by atoms with E-state index in [-0.39, 0.29) is 34.5 Å². The number of carbonyl (C=O) groups is 1. The third-order valence-electron chi connectivity index (χ3n) is 6.49. The molecule has 2 aromatic carbocycles. The van der Waals surface area contributed by atoms with Crippen molar-refractivity contribution < 1.29 is 19.4 Å². The lowest BCUT2D eigenvalue weighted by Gasteiger charge is -2.13. The second-order valence-corrected chi connectivity index (χ2v) is 11.1. The predicted octanol–water partition coefficient (Wildman–Crippen LogP) is 4.60. The first-order chi connectivity index (χ1) is 18.9. The van der Waals surface area contributed by atoms with Gasteiger partial charge in [-0.3, -0.25) is 14.2 Å². The standard InChI is InChI=1S/C28H28N4O5S2/c1-16-8-10-18(11-9-16)32-27(35)24-19-6-4-5-7-22(19)39-26(24)30-28(32)38-15-23(33)31-29-14-17-12-20(36-2)25(34)21(13-17)37-3/h8-14,34H,4-7,15H2,1-3H3,(H,31,33). The average Bonchev–Trinajstić information content (AvgIpc) is 3.32. The number of phenolic OH excluding ortho intramolecular Hbond substituents is 1. The Morgan fingerprint density at radius 2 is 1.87 bits per heavy atom. The van der Waals surface area contributed by atoms with Crippen LogP contribution in [0.5, 0.6) is 17.2 Å². The van der Waals surface area contributed by atoms with E-state index in [0.717, 1.165) is 41.6 Å². The fourth-order valence-electron chi connectivity index (χ4n) is 4.53. The maximum Gasteiger partial charge on any atom is 0.267 e. The van der Waals surface area contributed by atoms with Crippen molar-refractivity contribution >= 4 is 45.4 Å². The van der Waals surface area contributed by atoms with Crippen LogP contribution in [-0.2, 0) is 17.6 Å². The Labute approximate surface area is 233 Å². The molecule has 11 heteroatoms. The van der Waals surface area contributed by atoms with Gasteiger partial charge in [-0.15, -0.1) is 11.3 Å². The summed E-state index contributed by atoms with van der Waals surface area (Å²) in [5.74, 6) is -0.0152. The highest BCUT2D eigenvalue weighted by Gasteiger charge is 2.23. The van der Waals surface area contributed by atoms with Gasteiger partial charge in [0.25, 0.3) is 11.5 Å². The van der Waals surface area contributed by atoms with Crippen molar-refractivity contribution in [3.63, 3.8) is 0 Å². The van der Waals surface area contributed by atoms with Gasteiger partial charge in [-0.05, 0) is 62.4 Å². The summed E-state index contributed by atoms with van der Waals surface area (Å²) in [5.41, 5.74) is 5.90. The van der Waals surface area contributed by atoms with Gasteiger partial charge in [0.05, 0.1) is 37.3 Å². The molecule has 1 aliphatic carbocycles. The Hall–Kier alpha value is -3.83. The first-order valence-corrected chi connectivity index (χ1v) is 14.2. The van der Waals surface area contributed by atoms with Crippen LogP contribution in [0.15, 0.2) is 51.5 Å². The summed E-state index contributed by atoms with van der Waals surface area (Å²) in [5, 5.41) is 15.2. The first-order valence-electron chi connectivity index (χ1n) is 12.4. The topological polar surface area (TPSA) is 115 Å². The van der Waals surface area contributed by atoms with E-state index < -0.39 is 0 Å². The van der Waals surface area contributed by atoms with Crippen LogP contribution in [0.25, 0.3) is 15.9 Å². The Kier molecular flexibility index (Phi) is 7.89. The molecule has 0 saturated carbocycles. The zero-order chi connectivity index (χ0) is 27.5. The lowest BCUT2D eigenvalue weighted by Crippen LogP contribution is -2.24. The average molecular weight is 565 g/mol. The molecule has 0 radical (unpaired) electrons. The van der Waals surface area contributed by atoms with Crippen molar-refractivity contribution in [1.29, 1.82) is 0 Å². The highest BCUT2D eigenvalue weighted by Crippen LogP contribution is 2.37. The molecular formula is C28H28N4O5S2. The zero-order valence-corrected chi connectivity index (χ0v) is 23.4. The highest BCUT2D eigenvalue weighted by molar-refractivity contribution is 7.99. The second kappa shape index (κ2) is 11.5. The molecule has 39 heavy (non-hydrogen) atoms. The molecule has 0 aliphatic heterocycles. The monoisotopic (exact) mass is 564 g/mol. The predicted molar refractivity (Wildman–Crippen MR) is 154 cm³/mol. The quantitative estimate of drug-likeness (QED) is 0.139. The van der Waals surface area contributed by atoms with E-state index in [1.807, 2.05) is 31.2 Å². The van der Waals surface area contributed by atoms with Gasteiger partial charge in [0, 0.05) is 10.4 Å². The number of nitrogens with one attached hydrogen (secondary N) is 1. The molecule has 5 rings (SSSR count). The fourth-order valence-corrected chi connectivity index (χ4v) is 6.64. The Balaban J connectivity index is 1.39. The third-order valence-corrected chi connectivity index (χ3v) is 8.61. The number of aromatic nitrogens is 2. The minimum Gasteiger partial charge on any atom is -0.502 e. The number of methoxy groups -OCH3 is 2. The molecule has 1 amide bonds. The van der Waals surface area contributed by atoms with E-state index in [4.69, 9.17) is 14.5 Å². The number of thiophene rings is 1. The number of benzene rings is 2. The van der Waals surface area contributed by atoms with Crippen LogP contribution in [-0.4, -0.2) is 46.8 Å². The molecule has 0 saturated heterocycles. The summed E-state index contributed by atoms with van der Waals surface area (Å²) in [4.78, 5) is 33.3. The van der Waals surface area contributed by atoms with Crippen LogP contribution in [0.3, 0.4) is 0 Å². The van der Waals surface area contributed by atoms with Gasteiger partial charge in [-0.1, -0.05) is 29.5 Å². The van der Waals surface area contributed by atoms with Gasteiger partial charge in [-0.25, -0.2) is 10.4 Å². The molecular weight excluding hydrogens is 536 g/mol. The summed E-state index contributed by atoms with van der Waals surface area (Å²) in [7, 11) is 2.86. The van der Waals surface area contributed by atoms with Crippen LogP contribution < -0.4 is 20.5 Å². The second-order valence-electron chi connectivity index (χ2n) is 9.12. The molecule has 202 valence electrons. The molecule has 9 nitrogen and oxygen atoms in total. The molecule has 2 heterocycles. The number of fused-ring (bicyclic) bond motifs is 3. The van der Waals surface area contributed by atoms with Crippen molar-refractivity contribution in [3.8, 4) is 22.9 Å². The normalized spacial score (nSPS) is 13.0. The van der Waals surface area contributed by atoms with Gasteiger partial charge in [0.1, 0.15) is 4.83 Å². The van der Waals surface area contributed by atoms with Gasteiger partial charge >= 0.3 is 0 Å². The third kappa shape index (κ3) is 5.50. The lowest BCUT2D eigenvalue weighted by molar-refractivity contribution is -0.118. The summed E-state index contributed by atoms with van der Waals surface area (Å²) < 4.78 is 11.9. The zero-order valence-electron chi connectivity index (χ0n) is 21.8. The molecule has 0 atom stereocenters. The molecule has 2 N–H and O–H groups in total. The Bertz CT molecular complexity index is 1600. The molecule has 0 bridgehead atoms. The summed E-state index contributed by atoms with van der Waals surface area (Å²) in [6.07, 6.45) is 5.49. The number of amides is 1. The number of aryl methyl sites for hydroxylation is 3. The Morgan fingerprint density at radius 1 is 1.18 bits per heavy atom. The maximum absolute atomic E-state index is 13.8. The molecule has 2 aromatic heterocycles. The summed E-state index contributed by atoms with van der Waals surface area (Å²) in [6, 6.07) is 10.9. The van der Waals surface area contributed by atoms with E-state index in [1.165, 1.54) is 37.1 Å². The van der Waals surface area contributed by atoms with Crippen molar-refractivity contribution in [2.24, 2.45) is 5.10 Å². The number of hydrogen-bond acceptors (Lipinski definition) is 9. The van der Waals surface area contributed by atoms with E-state index >= 15 is 0 Å². The number of ether oxygens (including phenoxy) is 2. The van der Waals surface area contributed by atoms with E-state index in [9.17, 15) is 14.7 Å². The van der Waals surface area contributed by atoms with Gasteiger partial charge in [0.2, 0.25) is 5.75 Å². The van der Waals surface area contributed by atoms with Crippen molar-refractivity contribution in [3.05, 3.63) is 68.3 Å². The molecule has 0 spiro atoms. The van der Waals surface area contributed by atoms with Gasteiger partial charge in [-0.2, -0.15) is 5.10 Å². The van der Waals surface area contributed by atoms with Crippen LogP contribution in [0.2, 0.25) is 0 Å². The summed E-state index contributed by atoms with van der Waals surface area (Å²) in [6.45, 7) is 1.99. The van der Waals surface area contributed by atoms with E-state index in [1.54, 1.807) is 28.0 Å². The number of rotatable bonds is 8. The van der Waals surface area contributed by atoms with Crippen LogP contribution >= 0.6 is 23.1 Å². The highest BCUT2D eigenvalue weighted by atomic mass is 32.2. The van der Waals surface area contributed by atoms with Crippen molar-refractivity contribution in [2.45, 2.75) is 37.8 Å². The maximum atomic E-state index is 13.8. The number of aromatic hydroxyl groups is 1. The SMILES string of the molecule is COc1cc(C=NNC(=O)CSc2nc3sc4c(c3c(=O)n2-c2ccc(C)cc2)CCCC4)cc(OC)c1O. The van der Waals surface area contributed by atoms with Gasteiger partial charge < -0.3 is 14.6 Å². The molecule has 1 aliphatic rings. The van der Waals surface area contributed by atoms with Gasteiger partial charge in [0.15, 0.2) is 16.7 Å². The summed E-state index contributed by atoms with van der Waals surface area (Å²) >= 11 is 2.78. The fraction of sp³-hybridized carbons (Fsp3) is 0.286. The number of thioether (sulfide) groups is 1. The Morgan fingerprint density at radius 3 is 2.56 bits per heavy atom.